The minimum absolute atomic E-state index is 0.303. The van der Waals surface area contributed by atoms with Gasteiger partial charge in [-0.2, -0.15) is 0 Å². The smallest absolute Gasteiger partial charge is 0.127 e. The van der Waals surface area contributed by atoms with Gasteiger partial charge in [0.2, 0.25) is 0 Å². The lowest BCUT2D eigenvalue weighted by Gasteiger charge is -2.43. The molecule has 2 nitrogen and oxygen atoms in total. The molecule has 0 spiro atoms. The van der Waals surface area contributed by atoms with Crippen molar-refractivity contribution in [1.82, 2.24) is 9.80 Å². The van der Waals surface area contributed by atoms with Crippen molar-refractivity contribution in [2.45, 2.75) is 31.8 Å². The lowest BCUT2D eigenvalue weighted by molar-refractivity contribution is 0.0583. The molecule has 104 valence electrons. The van der Waals surface area contributed by atoms with Gasteiger partial charge in [-0.05, 0) is 31.0 Å². The first-order valence-electron chi connectivity index (χ1n) is 7.13. The van der Waals surface area contributed by atoms with E-state index in [0.29, 0.717) is 12.1 Å². The van der Waals surface area contributed by atoms with E-state index in [1.54, 1.807) is 0 Å². The van der Waals surface area contributed by atoms with Gasteiger partial charge in [-0.25, -0.2) is 8.78 Å². The molecule has 0 radical (unpaired) electrons. The summed E-state index contributed by atoms with van der Waals surface area (Å²) in [5.41, 5.74) is 0.470. The molecular weight excluding hydrogens is 246 g/mol. The predicted octanol–water partition coefficient (Wildman–Crippen LogP) is 2.63. The van der Waals surface area contributed by atoms with Crippen molar-refractivity contribution in [2.24, 2.45) is 0 Å². The Balaban J connectivity index is 1.55. The van der Waals surface area contributed by atoms with Crippen molar-refractivity contribution in [1.29, 1.82) is 0 Å². The summed E-state index contributed by atoms with van der Waals surface area (Å²) in [5, 5.41) is 0. The van der Waals surface area contributed by atoms with Gasteiger partial charge >= 0.3 is 0 Å². The highest BCUT2D eigenvalue weighted by Crippen LogP contribution is 2.25. The summed E-state index contributed by atoms with van der Waals surface area (Å²) in [5.74, 6) is -0.660. The first-order chi connectivity index (χ1) is 9.22. The standard InChI is InChI=1S/C15H20F2N2/c16-13-4-5-15(17)12(10-13)11-18-6-8-19(9-7-18)14-2-1-3-14/h4-5,10,14H,1-3,6-9,11H2. The van der Waals surface area contributed by atoms with Crippen LogP contribution in [0.5, 0.6) is 0 Å². The minimum atomic E-state index is -0.357. The second kappa shape index (κ2) is 5.55. The van der Waals surface area contributed by atoms with Crippen LogP contribution in [-0.4, -0.2) is 42.0 Å². The molecule has 1 aromatic rings. The maximum Gasteiger partial charge on any atom is 0.127 e. The summed E-state index contributed by atoms with van der Waals surface area (Å²) >= 11 is 0. The van der Waals surface area contributed by atoms with E-state index in [1.165, 1.54) is 37.5 Å². The molecule has 1 aliphatic carbocycles. The van der Waals surface area contributed by atoms with Crippen LogP contribution in [0.15, 0.2) is 18.2 Å². The third-order valence-electron chi connectivity index (χ3n) is 4.40. The van der Waals surface area contributed by atoms with Crippen molar-refractivity contribution in [3.63, 3.8) is 0 Å². The van der Waals surface area contributed by atoms with Crippen LogP contribution >= 0.6 is 0 Å². The third kappa shape index (κ3) is 2.95. The van der Waals surface area contributed by atoms with Gasteiger partial charge < -0.3 is 0 Å². The fraction of sp³-hybridized carbons (Fsp3) is 0.600. The summed E-state index contributed by atoms with van der Waals surface area (Å²) in [6.07, 6.45) is 4.02. The van der Waals surface area contributed by atoms with Gasteiger partial charge in [0.25, 0.3) is 0 Å². The van der Waals surface area contributed by atoms with Gasteiger partial charge in [0.1, 0.15) is 11.6 Å². The Labute approximate surface area is 113 Å². The average molecular weight is 266 g/mol. The molecule has 0 aromatic heterocycles. The Hall–Kier alpha value is -1.00. The monoisotopic (exact) mass is 266 g/mol. The summed E-state index contributed by atoms with van der Waals surface area (Å²) in [4.78, 5) is 4.76. The van der Waals surface area contributed by atoms with Gasteiger partial charge in [-0.15, -0.1) is 0 Å². The van der Waals surface area contributed by atoms with Crippen LogP contribution < -0.4 is 0 Å². The molecule has 3 rings (SSSR count). The van der Waals surface area contributed by atoms with Crippen LogP contribution in [0.1, 0.15) is 24.8 Å². The zero-order valence-corrected chi connectivity index (χ0v) is 11.1. The quantitative estimate of drug-likeness (QED) is 0.830. The maximum atomic E-state index is 13.6. The second-order valence-corrected chi connectivity index (χ2v) is 5.63. The summed E-state index contributed by atoms with van der Waals surface area (Å²) < 4.78 is 26.7. The van der Waals surface area contributed by atoms with E-state index in [9.17, 15) is 8.78 Å². The number of piperazine rings is 1. The van der Waals surface area contributed by atoms with Gasteiger partial charge in [0.15, 0.2) is 0 Å². The molecular formula is C15H20F2N2. The van der Waals surface area contributed by atoms with Crippen LogP contribution in [0.2, 0.25) is 0 Å². The molecule has 1 heterocycles. The Morgan fingerprint density at radius 2 is 1.79 bits per heavy atom. The molecule has 4 heteroatoms. The van der Waals surface area contributed by atoms with Crippen LogP contribution in [0.4, 0.5) is 8.78 Å². The highest BCUT2D eigenvalue weighted by molar-refractivity contribution is 5.18. The first kappa shape index (κ1) is 13.0. The Bertz CT molecular complexity index is 438. The van der Waals surface area contributed by atoms with E-state index in [1.807, 2.05) is 0 Å². The molecule has 0 atom stereocenters. The van der Waals surface area contributed by atoms with Crippen molar-refractivity contribution in [3.05, 3.63) is 35.4 Å². The zero-order valence-electron chi connectivity index (χ0n) is 11.1. The summed E-state index contributed by atoms with van der Waals surface area (Å²) in [6.45, 7) is 4.53. The summed E-state index contributed by atoms with van der Waals surface area (Å²) in [6, 6.07) is 4.49. The van der Waals surface area contributed by atoms with Crippen LogP contribution in [0.25, 0.3) is 0 Å². The Morgan fingerprint density at radius 1 is 1.05 bits per heavy atom. The molecule has 1 saturated heterocycles. The number of benzene rings is 1. The molecule has 1 aromatic carbocycles. The van der Waals surface area contributed by atoms with Crippen LogP contribution in [0, 0.1) is 11.6 Å². The van der Waals surface area contributed by atoms with Gasteiger partial charge in [-0.1, -0.05) is 6.42 Å². The van der Waals surface area contributed by atoms with Gasteiger partial charge in [-0.3, -0.25) is 9.80 Å². The molecule has 0 bridgehead atoms. The van der Waals surface area contributed by atoms with E-state index >= 15 is 0 Å². The number of halogens is 2. The third-order valence-corrected chi connectivity index (χ3v) is 4.40. The van der Waals surface area contributed by atoms with E-state index in [4.69, 9.17) is 0 Å². The SMILES string of the molecule is Fc1ccc(F)c(CN2CCN(C3CCC3)CC2)c1. The molecule has 0 amide bonds. The number of hydrogen-bond acceptors (Lipinski definition) is 2. The molecule has 1 saturated carbocycles. The number of rotatable bonds is 3. The second-order valence-electron chi connectivity index (χ2n) is 5.63. The van der Waals surface area contributed by atoms with Gasteiger partial charge in [0, 0.05) is 44.3 Å². The van der Waals surface area contributed by atoms with Gasteiger partial charge in [0.05, 0.1) is 0 Å². The summed E-state index contributed by atoms with van der Waals surface area (Å²) in [7, 11) is 0. The highest BCUT2D eigenvalue weighted by atomic mass is 19.1. The molecule has 19 heavy (non-hydrogen) atoms. The lowest BCUT2D eigenvalue weighted by Crippen LogP contribution is -2.51. The Kier molecular flexibility index (Phi) is 3.80. The molecule has 0 N–H and O–H groups in total. The number of hydrogen-bond donors (Lipinski definition) is 0. The number of nitrogens with zero attached hydrogens (tertiary/aromatic N) is 2. The largest absolute Gasteiger partial charge is 0.298 e. The van der Waals surface area contributed by atoms with Crippen LogP contribution in [0.3, 0.4) is 0 Å². The van der Waals surface area contributed by atoms with Crippen molar-refractivity contribution in [3.8, 4) is 0 Å². The first-order valence-corrected chi connectivity index (χ1v) is 7.13. The topological polar surface area (TPSA) is 6.48 Å². The fourth-order valence-electron chi connectivity index (χ4n) is 2.94. The normalized spacial score (nSPS) is 22.4. The fourth-order valence-corrected chi connectivity index (χ4v) is 2.94. The molecule has 1 aliphatic heterocycles. The molecule has 2 aliphatic rings. The van der Waals surface area contributed by atoms with E-state index in [0.717, 1.165) is 32.2 Å². The van der Waals surface area contributed by atoms with E-state index in [-0.39, 0.29) is 11.6 Å². The highest BCUT2D eigenvalue weighted by Gasteiger charge is 2.27. The average Bonchev–Trinajstić information content (AvgIpc) is 2.34. The maximum absolute atomic E-state index is 13.6. The predicted molar refractivity (Wildman–Crippen MR) is 70.8 cm³/mol. The van der Waals surface area contributed by atoms with E-state index < -0.39 is 0 Å². The lowest BCUT2D eigenvalue weighted by atomic mass is 9.91. The van der Waals surface area contributed by atoms with Crippen LogP contribution in [-0.2, 0) is 6.54 Å². The Morgan fingerprint density at radius 3 is 2.42 bits per heavy atom. The zero-order chi connectivity index (χ0) is 13.2. The van der Waals surface area contributed by atoms with Crippen molar-refractivity contribution < 1.29 is 8.78 Å². The van der Waals surface area contributed by atoms with Crippen molar-refractivity contribution in [2.75, 3.05) is 26.2 Å². The van der Waals surface area contributed by atoms with E-state index in [2.05, 4.69) is 9.80 Å². The molecule has 0 unspecified atom stereocenters. The van der Waals surface area contributed by atoms with Crippen molar-refractivity contribution >= 4 is 0 Å². The minimum Gasteiger partial charge on any atom is -0.298 e. The molecule has 2 fully saturated rings.